The summed E-state index contributed by atoms with van der Waals surface area (Å²) < 4.78 is 0. The van der Waals surface area contributed by atoms with Crippen LogP contribution < -0.4 is 0 Å². The molecule has 0 aliphatic rings. The third-order valence-electron chi connectivity index (χ3n) is 1.53. The maximum atomic E-state index is 10.4. The second-order valence-electron chi connectivity index (χ2n) is 2.44. The summed E-state index contributed by atoms with van der Waals surface area (Å²) in [6.45, 7) is 0. The van der Waals surface area contributed by atoms with Crippen LogP contribution >= 0.6 is 19.8 Å². The number of carboxylic acids is 1. The molecular weight excluding hydrogens is 474 g/mol. The van der Waals surface area contributed by atoms with Crippen molar-refractivity contribution in [2.45, 2.75) is 0 Å². The summed E-state index contributed by atoms with van der Waals surface area (Å²) in [5, 5.41) is 29.2. The molecule has 0 aliphatic heterocycles. The van der Waals surface area contributed by atoms with Crippen molar-refractivity contribution in [3.63, 3.8) is 0 Å². The van der Waals surface area contributed by atoms with Crippen LogP contribution in [0, 0.1) is 33.7 Å². The van der Waals surface area contributed by atoms with Crippen LogP contribution in [-0.2, 0) is 20.1 Å². The molecule has 0 aromatic heterocycles. The number of carbonyl (C=O) groups is 1. The van der Waals surface area contributed by atoms with Gasteiger partial charge in [0.05, 0.1) is 0 Å². The second kappa shape index (κ2) is 10.9. The van der Waals surface area contributed by atoms with Gasteiger partial charge in [-0.05, 0) is 0 Å². The molecule has 0 spiro atoms. The summed E-state index contributed by atoms with van der Waals surface area (Å²) >= 11 is 0. The number of rotatable bonds is 3. The van der Waals surface area contributed by atoms with Gasteiger partial charge in [-0.25, -0.2) is 0 Å². The standard InChI is InChI=1S/C7H3N2O6.CH3.Ir.2H3P/c10-7(11)4-1-2-5(8(12)13)6(3-4)9(14)15;;;;/h2-3H,(H,10,11);1H3;;2*1H3/q2*-1;;;. The molecule has 0 saturated carbocycles. The van der Waals surface area contributed by atoms with Gasteiger partial charge in [-0.1, -0.05) is 17.7 Å². The summed E-state index contributed by atoms with van der Waals surface area (Å²) in [5.41, 5.74) is -2.14. The van der Waals surface area contributed by atoms with Gasteiger partial charge in [-0.15, -0.1) is 6.07 Å². The molecule has 19 heavy (non-hydrogen) atoms. The number of benzene rings is 1. The minimum atomic E-state index is -1.44. The number of hydrogen-bond acceptors (Lipinski definition) is 5. The van der Waals surface area contributed by atoms with E-state index >= 15 is 0 Å². The molecule has 1 aromatic rings. The Balaban J connectivity index is -0.000000281. The third kappa shape index (κ3) is 6.64. The van der Waals surface area contributed by atoms with Crippen molar-refractivity contribution in [2.75, 3.05) is 0 Å². The average molecular weight is 486 g/mol. The van der Waals surface area contributed by atoms with E-state index in [2.05, 4.69) is 6.07 Å². The number of nitrogens with zero attached hydrogens (tertiary/aromatic N) is 2. The van der Waals surface area contributed by atoms with Gasteiger partial charge in [0, 0.05) is 30.0 Å². The first-order valence-corrected chi connectivity index (χ1v) is 3.51. The Labute approximate surface area is 128 Å². The van der Waals surface area contributed by atoms with Gasteiger partial charge in [0.2, 0.25) is 5.97 Å². The fourth-order valence-corrected chi connectivity index (χ4v) is 0.888. The minimum absolute atomic E-state index is 0. The fraction of sp³-hybridized carbons (Fsp3) is 0. The SMILES string of the molecule is O=C(O)c1[c-]cc([N+](=O)[O-])c([N+](=O)[O-])c1.P.P.[CH3-].[Ir]. The summed E-state index contributed by atoms with van der Waals surface area (Å²) in [4.78, 5) is 29.2. The van der Waals surface area contributed by atoms with Gasteiger partial charge in [0.1, 0.15) is 0 Å². The molecule has 0 saturated heterocycles. The Hall–Kier alpha value is -1.00. The smallest absolute Gasteiger partial charge is 0.267 e. The number of aromatic carboxylic acids is 1. The quantitative estimate of drug-likeness (QED) is 0.300. The van der Waals surface area contributed by atoms with Crippen LogP contribution in [-0.4, -0.2) is 20.9 Å². The van der Waals surface area contributed by atoms with E-state index in [0.717, 1.165) is 0 Å². The van der Waals surface area contributed by atoms with Gasteiger partial charge in [-0.2, -0.15) is 19.8 Å². The zero-order chi connectivity index (χ0) is 11.6. The molecule has 0 bridgehead atoms. The van der Waals surface area contributed by atoms with E-state index in [9.17, 15) is 25.0 Å². The molecule has 8 nitrogen and oxygen atoms in total. The van der Waals surface area contributed by atoms with Crippen LogP contribution in [0.1, 0.15) is 10.4 Å². The molecule has 0 aliphatic carbocycles. The minimum Gasteiger partial charge on any atom is -0.521 e. The Kier molecular flexibility index (Phi) is 15.2. The van der Waals surface area contributed by atoms with Gasteiger partial charge in [0.15, 0.2) is 0 Å². The number of carboxylic acid groups (broad SMARTS) is 1. The van der Waals surface area contributed by atoms with E-state index in [1.807, 2.05) is 0 Å². The molecule has 2 atom stereocenters. The second-order valence-corrected chi connectivity index (χ2v) is 2.44. The van der Waals surface area contributed by atoms with Crippen LogP contribution in [0.5, 0.6) is 0 Å². The van der Waals surface area contributed by atoms with Crippen molar-refractivity contribution in [3.8, 4) is 0 Å². The maximum absolute atomic E-state index is 10.4. The largest absolute Gasteiger partial charge is 0.521 e. The van der Waals surface area contributed by atoms with Gasteiger partial charge in [-0.3, -0.25) is 20.2 Å². The van der Waals surface area contributed by atoms with E-state index in [4.69, 9.17) is 5.11 Å². The van der Waals surface area contributed by atoms with E-state index in [1.54, 1.807) is 0 Å². The Bertz CT molecular complexity index is 471. The molecule has 2 unspecified atom stereocenters. The van der Waals surface area contributed by atoms with Crippen LogP contribution in [0.4, 0.5) is 11.4 Å². The number of nitro benzene ring substituents is 2. The first-order valence-electron chi connectivity index (χ1n) is 3.51. The predicted octanol–water partition coefficient (Wildman–Crippen LogP) is 1.57. The summed E-state index contributed by atoms with van der Waals surface area (Å²) in [5.74, 6) is -1.44. The van der Waals surface area contributed by atoms with E-state index in [-0.39, 0.29) is 47.3 Å². The Morgan fingerprint density at radius 1 is 1.16 bits per heavy atom. The third-order valence-corrected chi connectivity index (χ3v) is 1.53. The van der Waals surface area contributed by atoms with Gasteiger partial charge in [0.25, 0.3) is 11.4 Å². The predicted molar refractivity (Wildman–Crippen MR) is 74.2 cm³/mol. The first kappa shape index (κ1) is 26.5. The van der Waals surface area contributed by atoms with Crippen molar-refractivity contribution in [3.05, 3.63) is 51.4 Å². The van der Waals surface area contributed by atoms with E-state index < -0.39 is 32.8 Å². The van der Waals surface area contributed by atoms with Crippen LogP contribution in [0.25, 0.3) is 0 Å². The van der Waals surface area contributed by atoms with Gasteiger partial charge < -0.3 is 17.3 Å². The van der Waals surface area contributed by atoms with Crippen molar-refractivity contribution in [1.29, 1.82) is 0 Å². The molecule has 1 N–H and O–H groups in total. The molecule has 0 heterocycles. The molecule has 1 aromatic carbocycles. The molecular formula is C8H12IrN2O6P2-2. The maximum Gasteiger partial charge on any atom is 0.267 e. The topological polar surface area (TPSA) is 124 Å². The molecule has 0 fully saturated rings. The van der Waals surface area contributed by atoms with E-state index in [1.165, 1.54) is 0 Å². The van der Waals surface area contributed by atoms with Crippen molar-refractivity contribution < 1.29 is 39.9 Å². The zero-order valence-corrected chi connectivity index (χ0v) is 15.0. The molecule has 11 heteroatoms. The first-order chi connectivity index (χ1) is 6.93. The van der Waals surface area contributed by atoms with Crippen molar-refractivity contribution >= 4 is 37.1 Å². The molecule has 0 amide bonds. The summed E-state index contributed by atoms with van der Waals surface area (Å²) in [6.07, 6.45) is 0. The summed E-state index contributed by atoms with van der Waals surface area (Å²) in [6, 6.07) is 3.33. The zero-order valence-electron chi connectivity index (χ0n) is 9.79. The number of nitro groups is 2. The van der Waals surface area contributed by atoms with Crippen molar-refractivity contribution in [2.24, 2.45) is 0 Å². The van der Waals surface area contributed by atoms with Crippen LogP contribution in [0.3, 0.4) is 0 Å². The van der Waals surface area contributed by atoms with Crippen molar-refractivity contribution in [1.82, 2.24) is 0 Å². The summed E-state index contributed by atoms with van der Waals surface area (Å²) in [7, 11) is 0. The molecule has 1 rings (SSSR count). The Morgan fingerprint density at radius 2 is 1.58 bits per heavy atom. The van der Waals surface area contributed by atoms with Crippen LogP contribution in [0.15, 0.2) is 12.1 Å². The van der Waals surface area contributed by atoms with Crippen LogP contribution in [0.2, 0.25) is 0 Å². The average Bonchev–Trinajstić information content (AvgIpc) is 2.16. The Morgan fingerprint density at radius 3 is 1.89 bits per heavy atom. The normalized spacial score (nSPS) is 7.58. The van der Waals surface area contributed by atoms with E-state index in [0.29, 0.717) is 12.1 Å². The monoisotopic (exact) mass is 487 g/mol. The molecule has 111 valence electrons. The van der Waals surface area contributed by atoms with Gasteiger partial charge >= 0.3 is 0 Å². The molecule has 1 radical (unpaired) electrons. The fourth-order valence-electron chi connectivity index (χ4n) is 0.888. The number of hydrogen-bond donors (Lipinski definition) is 1.